The van der Waals surface area contributed by atoms with Crippen molar-refractivity contribution in [3.05, 3.63) is 34.4 Å². The highest BCUT2D eigenvalue weighted by Crippen LogP contribution is 2.43. The molecule has 0 atom stereocenters. The van der Waals surface area contributed by atoms with Crippen LogP contribution in [0.15, 0.2) is 12.1 Å². The van der Waals surface area contributed by atoms with Gasteiger partial charge in [-0.3, -0.25) is 9.59 Å². The third kappa shape index (κ3) is 8.26. The van der Waals surface area contributed by atoms with Crippen molar-refractivity contribution in [2.75, 3.05) is 0 Å². The molecule has 0 radical (unpaired) electrons. The summed E-state index contributed by atoms with van der Waals surface area (Å²) in [4.78, 5) is 21.8. The molecule has 2 rings (SSSR count). The first kappa shape index (κ1) is 26.4. The normalized spacial score (nSPS) is 14.9. The Morgan fingerprint density at radius 2 is 1.62 bits per heavy atom. The van der Waals surface area contributed by atoms with Gasteiger partial charge in [0.05, 0.1) is 5.41 Å². The number of carbonyl (C=O) groups excluding carboxylic acids is 1. The molecule has 1 saturated carbocycles. The summed E-state index contributed by atoms with van der Waals surface area (Å²) in [5.74, 6) is -0.695. The third-order valence-corrected chi connectivity index (χ3v) is 7.44. The maximum absolute atomic E-state index is 11.2. The zero-order chi connectivity index (χ0) is 23.6. The van der Waals surface area contributed by atoms with Gasteiger partial charge in [-0.2, -0.15) is 0 Å². The van der Waals surface area contributed by atoms with Crippen LogP contribution >= 0.6 is 0 Å². The number of benzene rings is 1. The Balaban J connectivity index is 1.67. The van der Waals surface area contributed by atoms with Gasteiger partial charge in [0.15, 0.2) is 0 Å². The number of hydrogen-bond acceptors (Lipinski definition) is 3. The van der Waals surface area contributed by atoms with Crippen molar-refractivity contribution in [3.8, 4) is 0 Å². The van der Waals surface area contributed by atoms with Crippen LogP contribution in [0.25, 0.3) is 0 Å². The van der Waals surface area contributed by atoms with Crippen molar-refractivity contribution >= 4 is 12.4 Å². The highest BCUT2D eigenvalue weighted by atomic mass is 16.5. The molecule has 0 bridgehead atoms. The monoisotopic (exact) mass is 444 g/mol. The number of carbonyl (C=O) groups is 2. The topological polar surface area (TPSA) is 63.6 Å². The van der Waals surface area contributed by atoms with Crippen LogP contribution in [0.3, 0.4) is 0 Å². The summed E-state index contributed by atoms with van der Waals surface area (Å²) in [7, 11) is 0. The molecule has 4 heteroatoms. The number of carboxylic acid groups (broad SMARTS) is 1. The summed E-state index contributed by atoms with van der Waals surface area (Å²) < 4.78 is 5.23. The van der Waals surface area contributed by atoms with E-state index in [0.29, 0.717) is 6.47 Å². The fourth-order valence-electron chi connectivity index (χ4n) is 4.71. The van der Waals surface area contributed by atoms with Crippen LogP contribution in [0.5, 0.6) is 0 Å². The van der Waals surface area contributed by atoms with E-state index in [-0.39, 0.29) is 5.60 Å². The Morgan fingerprint density at radius 1 is 1.00 bits per heavy atom. The average molecular weight is 445 g/mol. The summed E-state index contributed by atoms with van der Waals surface area (Å²) in [6, 6.07) is 4.57. The van der Waals surface area contributed by atoms with E-state index in [1.807, 2.05) is 13.8 Å². The van der Waals surface area contributed by atoms with E-state index in [4.69, 9.17) is 4.74 Å². The lowest BCUT2D eigenvalue weighted by Crippen LogP contribution is -2.23. The lowest BCUT2D eigenvalue weighted by molar-refractivity contribution is -0.147. The average Bonchev–Trinajstić information content (AvgIpc) is 3.50. The number of rotatable bonds is 17. The minimum absolute atomic E-state index is 0.101. The van der Waals surface area contributed by atoms with Gasteiger partial charge in [0.25, 0.3) is 6.47 Å². The van der Waals surface area contributed by atoms with Gasteiger partial charge in [0, 0.05) is 0 Å². The molecule has 32 heavy (non-hydrogen) atoms. The molecule has 0 saturated heterocycles. The van der Waals surface area contributed by atoms with Gasteiger partial charge in [-0.1, -0.05) is 44.2 Å². The van der Waals surface area contributed by atoms with Crippen LogP contribution in [0.4, 0.5) is 0 Å². The van der Waals surface area contributed by atoms with Crippen molar-refractivity contribution in [2.45, 2.75) is 123 Å². The Labute approximate surface area is 195 Å². The molecule has 4 nitrogen and oxygen atoms in total. The van der Waals surface area contributed by atoms with Crippen molar-refractivity contribution in [2.24, 2.45) is 5.41 Å². The van der Waals surface area contributed by atoms with E-state index in [1.54, 1.807) is 0 Å². The van der Waals surface area contributed by atoms with Crippen molar-refractivity contribution in [1.82, 2.24) is 0 Å². The largest absolute Gasteiger partial charge is 0.481 e. The lowest BCUT2D eigenvalue weighted by atomic mass is 9.87. The minimum atomic E-state index is -0.695. The number of ether oxygens (including phenoxy) is 1. The van der Waals surface area contributed by atoms with Gasteiger partial charge in [-0.15, -0.1) is 0 Å². The van der Waals surface area contributed by atoms with E-state index in [1.165, 1.54) is 47.9 Å². The first-order valence-electron chi connectivity index (χ1n) is 12.6. The standard InChI is InChI=1S/C28H44O4/c1-22-15-16-24(13-9-5-7-11-17-27(3,4)26(30)31)23(2)25(22)14-10-6-8-12-18-28(19-20-28)32-21-29/h15-16,21H,5-14,17-20H2,1-4H3,(H,30,31). The summed E-state index contributed by atoms with van der Waals surface area (Å²) in [6.45, 7) is 8.76. The van der Waals surface area contributed by atoms with Crippen molar-refractivity contribution < 1.29 is 19.4 Å². The van der Waals surface area contributed by atoms with E-state index in [0.717, 1.165) is 64.2 Å². The fraction of sp³-hybridized carbons (Fsp3) is 0.714. The summed E-state index contributed by atoms with van der Waals surface area (Å²) in [5, 5.41) is 9.21. The molecular formula is C28H44O4. The van der Waals surface area contributed by atoms with Crippen LogP contribution in [-0.2, 0) is 27.2 Å². The van der Waals surface area contributed by atoms with Crippen LogP contribution in [-0.4, -0.2) is 23.1 Å². The molecule has 1 aromatic carbocycles. The smallest absolute Gasteiger partial charge is 0.309 e. The first-order chi connectivity index (χ1) is 15.2. The molecule has 1 N–H and O–H groups in total. The summed E-state index contributed by atoms with van der Waals surface area (Å²) in [5.41, 5.74) is 5.15. The Bertz CT molecular complexity index is 746. The second-order valence-corrected chi connectivity index (χ2v) is 10.6. The molecule has 0 unspecified atom stereocenters. The van der Waals surface area contributed by atoms with Gasteiger partial charge in [0.2, 0.25) is 0 Å². The predicted octanol–water partition coefficient (Wildman–Crippen LogP) is 7.11. The molecule has 180 valence electrons. The number of aryl methyl sites for hydroxylation is 2. The first-order valence-corrected chi connectivity index (χ1v) is 12.6. The highest BCUT2D eigenvalue weighted by molar-refractivity contribution is 5.73. The van der Waals surface area contributed by atoms with Gasteiger partial charge < -0.3 is 9.84 Å². The molecule has 0 heterocycles. The lowest BCUT2D eigenvalue weighted by Gasteiger charge is -2.18. The van der Waals surface area contributed by atoms with Gasteiger partial charge in [-0.05, 0) is 108 Å². The van der Waals surface area contributed by atoms with E-state index in [2.05, 4.69) is 26.0 Å². The molecule has 0 amide bonds. The third-order valence-electron chi connectivity index (χ3n) is 7.44. The second-order valence-electron chi connectivity index (χ2n) is 10.6. The summed E-state index contributed by atoms with van der Waals surface area (Å²) >= 11 is 0. The zero-order valence-electron chi connectivity index (χ0n) is 20.8. The SMILES string of the molecule is Cc1ccc(CCCCCCC(C)(C)C(=O)O)c(C)c1CCCCCCC1(OC=O)CC1. The number of carboxylic acids is 1. The molecule has 0 aliphatic heterocycles. The molecule has 0 aromatic heterocycles. The second kappa shape index (κ2) is 12.4. The van der Waals surface area contributed by atoms with E-state index in [9.17, 15) is 14.7 Å². The predicted molar refractivity (Wildman–Crippen MR) is 130 cm³/mol. The Kier molecular flexibility index (Phi) is 10.2. The molecule has 1 aromatic rings. The van der Waals surface area contributed by atoms with Crippen molar-refractivity contribution in [3.63, 3.8) is 0 Å². The highest BCUT2D eigenvalue weighted by Gasteiger charge is 2.44. The van der Waals surface area contributed by atoms with Gasteiger partial charge in [-0.25, -0.2) is 0 Å². The fourth-order valence-corrected chi connectivity index (χ4v) is 4.71. The molecule has 1 fully saturated rings. The Morgan fingerprint density at radius 3 is 2.25 bits per heavy atom. The molecule has 0 spiro atoms. The molecule has 1 aliphatic rings. The zero-order valence-corrected chi connectivity index (χ0v) is 20.8. The van der Waals surface area contributed by atoms with Crippen LogP contribution in [0, 0.1) is 19.3 Å². The van der Waals surface area contributed by atoms with Gasteiger partial charge >= 0.3 is 5.97 Å². The van der Waals surface area contributed by atoms with Gasteiger partial charge in [0.1, 0.15) is 5.60 Å². The minimum Gasteiger partial charge on any atom is -0.481 e. The van der Waals surface area contributed by atoms with E-state index >= 15 is 0 Å². The molecular weight excluding hydrogens is 400 g/mol. The molecule has 1 aliphatic carbocycles. The number of hydrogen-bond donors (Lipinski definition) is 1. The Hall–Kier alpha value is -1.84. The van der Waals surface area contributed by atoms with Crippen molar-refractivity contribution in [1.29, 1.82) is 0 Å². The van der Waals surface area contributed by atoms with Crippen LogP contribution in [0.1, 0.15) is 113 Å². The summed E-state index contributed by atoms with van der Waals surface area (Å²) in [6.07, 6.45) is 15.3. The number of unbranched alkanes of at least 4 members (excludes halogenated alkanes) is 6. The quantitative estimate of drug-likeness (QED) is 0.205. The number of aliphatic carboxylic acids is 1. The maximum atomic E-state index is 11.2. The van der Waals surface area contributed by atoms with E-state index < -0.39 is 11.4 Å². The van der Waals surface area contributed by atoms with Crippen LogP contribution in [0.2, 0.25) is 0 Å². The maximum Gasteiger partial charge on any atom is 0.309 e. The van der Waals surface area contributed by atoms with Crippen LogP contribution < -0.4 is 0 Å².